The predicted molar refractivity (Wildman–Crippen MR) is 134 cm³/mol. The Morgan fingerprint density at radius 1 is 0.971 bits per heavy atom. The molecule has 1 amide bonds. The first-order valence-corrected chi connectivity index (χ1v) is 11.5. The molecule has 3 aromatic carbocycles. The van der Waals surface area contributed by atoms with Gasteiger partial charge in [-0.3, -0.25) is 9.36 Å². The molecular formula is C26H20ClN5O3. The molecule has 3 heterocycles. The highest BCUT2D eigenvalue weighted by Crippen LogP contribution is 2.36. The van der Waals surface area contributed by atoms with Gasteiger partial charge in [-0.25, -0.2) is 9.97 Å². The van der Waals surface area contributed by atoms with Gasteiger partial charge in [-0.1, -0.05) is 35.9 Å². The maximum atomic E-state index is 13.4. The molecule has 0 bridgehead atoms. The van der Waals surface area contributed by atoms with Crippen molar-refractivity contribution < 1.29 is 14.3 Å². The normalized spacial score (nSPS) is 12.7. The van der Waals surface area contributed by atoms with Gasteiger partial charge in [0.15, 0.2) is 17.1 Å². The second-order valence-corrected chi connectivity index (χ2v) is 8.55. The molecule has 2 aromatic heterocycles. The quantitative estimate of drug-likeness (QED) is 0.388. The highest BCUT2D eigenvalue weighted by molar-refractivity contribution is 6.30. The number of nitrogens with zero attached hydrogens (tertiary/aromatic N) is 3. The molecule has 1 aliphatic rings. The maximum Gasteiger partial charge on any atom is 0.257 e. The van der Waals surface area contributed by atoms with E-state index in [1.807, 2.05) is 54.6 Å². The minimum Gasteiger partial charge on any atom is -0.486 e. The second kappa shape index (κ2) is 8.48. The number of anilines is 1. The van der Waals surface area contributed by atoms with Crippen molar-refractivity contribution in [1.82, 2.24) is 19.9 Å². The van der Waals surface area contributed by atoms with Crippen LogP contribution >= 0.6 is 11.6 Å². The smallest absolute Gasteiger partial charge is 0.257 e. The lowest BCUT2D eigenvalue weighted by molar-refractivity contribution is 0.0953. The highest BCUT2D eigenvalue weighted by atomic mass is 35.5. The van der Waals surface area contributed by atoms with E-state index in [4.69, 9.17) is 36.8 Å². The molecule has 35 heavy (non-hydrogen) atoms. The van der Waals surface area contributed by atoms with Gasteiger partial charge >= 0.3 is 0 Å². The van der Waals surface area contributed by atoms with Crippen molar-refractivity contribution in [2.75, 3.05) is 18.9 Å². The molecule has 0 atom stereocenters. The van der Waals surface area contributed by atoms with E-state index in [9.17, 15) is 4.79 Å². The molecule has 174 valence electrons. The van der Waals surface area contributed by atoms with Crippen LogP contribution in [-0.2, 0) is 6.54 Å². The molecule has 6 rings (SSSR count). The minimum absolute atomic E-state index is 0.237. The lowest BCUT2D eigenvalue weighted by atomic mass is 10.2. The Balaban J connectivity index is 1.48. The van der Waals surface area contributed by atoms with Crippen molar-refractivity contribution in [3.05, 3.63) is 82.9 Å². The molecule has 0 spiro atoms. The number of hydrogen-bond donors (Lipinski definition) is 2. The Kier molecular flexibility index (Phi) is 5.15. The number of rotatable bonds is 4. The van der Waals surface area contributed by atoms with Crippen molar-refractivity contribution >= 4 is 45.5 Å². The molecule has 0 saturated heterocycles. The third-order valence-electron chi connectivity index (χ3n) is 5.88. The number of aromatic nitrogens is 3. The van der Waals surface area contributed by atoms with Crippen LogP contribution in [0.1, 0.15) is 15.9 Å². The lowest BCUT2D eigenvalue weighted by Crippen LogP contribution is -2.24. The first kappa shape index (κ1) is 21.2. The Morgan fingerprint density at radius 2 is 1.69 bits per heavy atom. The highest BCUT2D eigenvalue weighted by Gasteiger charge is 2.25. The first-order chi connectivity index (χ1) is 17.1. The van der Waals surface area contributed by atoms with Gasteiger partial charge in [0.2, 0.25) is 0 Å². The summed E-state index contributed by atoms with van der Waals surface area (Å²) in [5.41, 5.74) is 10.8. The van der Waals surface area contributed by atoms with Gasteiger partial charge in [-0.2, -0.15) is 0 Å². The number of ether oxygens (including phenoxy) is 2. The summed E-state index contributed by atoms with van der Waals surface area (Å²) >= 11 is 5.97. The maximum absolute atomic E-state index is 13.4. The molecule has 0 fully saturated rings. The monoisotopic (exact) mass is 485 g/mol. The van der Waals surface area contributed by atoms with Crippen molar-refractivity contribution in [2.45, 2.75) is 6.54 Å². The third kappa shape index (κ3) is 3.77. The van der Waals surface area contributed by atoms with E-state index in [1.54, 1.807) is 16.7 Å². The van der Waals surface area contributed by atoms with Crippen LogP contribution in [0, 0.1) is 0 Å². The number of carbonyl (C=O) groups excluding carboxylic acids is 1. The summed E-state index contributed by atoms with van der Waals surface area (Å²) in [4.78, 5) is 23.0. The Labute approximate surface area is 205 Å². The minimum atomic E-state index is -0.344. The van der Waals surface area contributed by atoms with Crippen LogP contribution in [0.4, 0.5) is 5.82 Å². The predicted octanol–water partition coefficient (Wildman–Crippen LogP) is 4.51. The van der Waals surface area contributed by atoms with Gasteiger partial charge in [-0.15, -0.1) is 0 Å². The second-order valence-electron chi connectivity index (χ2n) is 8.12. The fraction of sp³-hybridized carbons (Fsp3) is 0.115. The molecule has 0 saturated carbocycles. The number of nitrogens with one attached hydrogen (secondary N) is 1. The molecule has 0 radical (unpaired) electrons. The van der Waals surface area contributed by atoms with Gasteiger partial charge in [0.05, 0.1) is 16.7 Å². The summed E-state index contributed by atoms with van der Waals surface area (Å²) in [6, 6.07) is 20.3. The number of para-hydroxylation sites is 2. The molecule has 1 aliphatic heterocycles. The molecule has 0 aliphatic carbocycles. The number of fused-ring (bicyclic) bond motifs is 3. The fourth-order valence-corrected chi connectivity index (χ4v) is 4.32. The van der Waals surface area contributed by atoms with E-state index >= 15 is 0 Å². The van der Waals surface area contributed by atoms with Gasteiger partial charge in [0.25, 0.3) is 5.91 Å². The summed E-state index contributed by atoms with van der Waals surface area (Å²) in [7, 11) is 0. The zero-order valence-electron chi connectivity index (χ0n) is 18.5. The summed E-state index contributed by atoms with van der Waals surface area (Å²) in [5, 5.41) is 3.58. The van der Waals surface area contributed by atoms with E-state index < -0.39 is 0 Å². The Hall–Kier alpha value is -4.30. The molecule has 3 N–H and O–H groups in total. The zero-order valence-corrected chi connectivity index (χ0v) is 19.2. The lowest BCUT2D eigenvalue weighted by Gasteiger charge is -2.19. The van der Waals surface area contributed by atoms with Crippen LogP contribution < -0.4 is 20.5 Å². The number of amides is 1. The van der Waals surface area contributed by atoms with Crippen LogP contribution in [0.5, 0.6) is 11.5 Å². The third-order valence-corrected chi connectivity index (χ3v) is 6.13. The average Bonchev–Trinajstić information content (AvgIpc) is 3.17. The Bertz CT molecular complexity index is 1600. The van der Waals surface area contributed by atoms with E-state index in [0.29, 0.717) is 64.2 Å². The summed E-state index contributed by atoms with van der Waals surface area (Å²) < 4.78 is 13.1. The topological polar surface area (TPSA) is 104 Å². The number of nitrogen functional groups attached to an aromatic ring is 1. The van der Waals surface area contributed by atoms with Crippen LogP contribution in [0.15, 0.2) is 66.7 Å². The van der Waals surface area contributed by atoms with Crippen LogP contribution in [-0.4, -0.2) is 33.7 Å². The van der Waals surface area contributed by atoms with Crippen LogP contribution in [0.3, 0.4) is 0 Å². The molecule has 0 unspecified atom stereocenters. The van der Waals surface area contributed by atoms with Crippen molar-refractivity contribution in [1.29, 1.82) is 0 Å². The van der Waals surface area contributed by atoms with Crippen LogP contribution in [0.25, 0.3) is 27.9 Å². The number of hydrogen-bond acceptors (Lipinski definition) is 6. The summed E-state index contributed by atoms with van der Waals surface area (Å²) in [6.07, 6.45) is 0. The number of nitrogens with two attached hydrogens (primary N) is 1. The fourth-order valence-electron chi connectivity index (χ4n) is 4.19. The average molecular weight is 486 g/mol. The molecule has 5 aromatic rings. The molecular weight excluding hydrogens is 466 g/mol. The van der Waals surface area contributed by atoms with Crippen molar-refractivity contribution in [3.8, 4) is 17.2 Å². The molecule has 8 nitrogen and oxygen atoms in total. The van der Waals surface area contributed by atoms with E-state index in [-0.39, 0.29) is 17.3 Å². The van der Waals surface area contributed by atoms with Gasteiger partial charge in [0, 0.05) is 17.6 Å². The van der Waals surface area contributed by atoms with Crippen molar-refractivity contribution in [3.63, 3.8) is 0 Å². The van der Waals surface area contributed by atoms with E-state index in [0.717, 1.165) is 5.56 Å². The zero-order chi connectivity index (χ0) is 23.9. The van der Waals surface area contributed by atoms with Crippen molar-refractivity contribution in [2.24, 2.45) is 0 Å². The Morgan fingerprint density at radius 3 is 2.46 bits per heavy atom. The standard InChI is InChI=1S/C26H20ClN5O3/c27-16-7-5-15(6-8-16)14-29-26(33)22-23-25(31-19-4-2-1-3-18(19)30-23)32(24(22)28)17-9-10-20-21(13-17)35-12-11-34-20/h1-10,13H,11-12,14,28H2,(H,29,33). The van der Waals surface area contributed by atoms with E-state index in [1.165, 1.54) is 0 Å². The van der Waals surface area contributed by atoms with Gasteiger partial charge in [0.1, 0.15) is 30.1 Å². The summed E-state index contributed by atoms with van der Waals surface area (Å²) in [5.74, 6) is 1.16. The summed E-state index contributed by atoms with van der Waals surface area (Å²) in [6.45, 7) is 1.27. The number of carbonyl (C=O) groups is 1. The number of halogens is 1. The van der Waals surface area contributed by atoms with E-state index in [2.05, 4.69) is 5.32 Å². The van der Waals surface area contributed by atoms with Gasteiger partial charge < -0.3 is 20.5 Å². The first-order valence-electron chi connectivity index (χ1n) is 11.1. The van der Waals surface area contributed by atoms with Gasteiger partial charge in [-0.05, 0) is 42.0 Å². The largest absolute Gasteiger partial charge is 0.486 e. The SMILES string of the molecule is Nc1c(C(=O)NCc2ccc(Cl)cc2)c2nc3ccccc3nc2n1-c1ccc2c(c1)OCCO2. The molecule has 9 heteroatoms. The van der Waals surface area contributed by atoms with Crippen LogP contribution in [0.2, 0.25) is 5.02 Å². The number of benzene rings is 3.